The Morgan fingerprint density at radius 3 is 2.37 bits per heavy atom. The van der Waals surface area contributed by atoms with Crippen molar-refractivity contribution in [3.05, 3.63) is 59.7 Å². The minimum Gasteiger partial charge on any atom is -0.321 e. The molecule has 0 unspecified atom stereocenters. The molecule has 0 bridgehead atoms. The first-order chi connectivity index (χ1) is 12.8. The van der Waals surface area contributed by atoms with Crippen LogP contribution in [0, 0.1) is 24.5 Å². The molecule has 8 heteroatoms. The van der Waals surface area contributed by atoms with Crippen LogP contribution in [0.4, 0.5) is 14.5 Å². The van der Waals surface area contributed by atoms with Gasteiger partial charge in [-0.15, -0.1) is 0 Å². The Kier molecular flexibility index (Phi) is 5.57. The molecule has 3 rings (SSSR count). The molecule has 2 aromatic carbocycles. The van der Waals surface area contributed by atoms with Gasteiger partial charge in [0, 0.05) is 13.1 Å². The van der Waals surface area contributed by atoms with Crippen molar-refractivity contribution < 1.29 is 22.0 Å². The Morgan fingerprint density at radius 2 is 1.74 bits per heavy atom. The molecule has 5 nitrogen and oxygen atoms in total. The summed E-state index contributed by atoms with van der Waals surface area (Å²) in [5.74, 6) is -3.02. The zero-order valence-electron chi connectivity index (χ0n) is 14.8. The van der Waals surface area contributed by atoms with Gasteiger partial charge in [0.25, 0.3) is 0 Å². The first kappa shape index (κ1) is 19.4. The van der Waals surface area contributed by atoms with Gasteiger partial charge in [0.2, 0.25) is 15.9 Å². The second-order valence-electron chi connectivity index (χ2n) is 6.60. The molecule has 1 aliphatic heterocycles. The maximum atomic E-state index is 13.7. The number of sulfonamides is 1. The number of aryl methyl sites for hydroxylation is 1. The minimum absolute atomic E-state index is 0.0296. The standard InChI is InChI=1S/C19H20F2N2O3S/c1-13-7-9-15(10-8-13)27(25,26)23-11-3-4-14(12-23)19(24)22-18-16(20)5-2-6-17(18)21/h2,5-10,14H,3-4,11-12H2,1H3,(H,22,24)/t14-/m0/s1. The fourth-order valence-corrected chi connectivity index (χ4v) is 4.60. The van der Waals surface area contributed by atoms with Crippen molar-refractivity contribution in [2.24, 2.45) is 5.92 Å². The SMILES string of the molecule is Cc1ccc(S(=O)(=O)N2CCC[C@H](C(=O)Nc3c(F)cccc3F)C2)cc1. The molecule has 1 saturated heterocycles. The third-order valence-corrected chi connectivity index (χ3v) is 6.50. The Bertz CT molecular complexity index is 926. The van der Waals surface area contributed by atoms with Gasteiger partial charge in [0.1, 0.15) is 17.3 Å². The van der Waals surface area contributed by atoms with Crippen molar-refractivity contribution in [1.29, 1.82) is 0 Å². The maximum Gasteiger partial charge on any atom is 0.243 e. The number of carbonyl (C=O) groups is 1. The van der Waals surface area contributed by atoms with Crippen LogP contribution in [0.2, 0.25) is 0 Å². The number of nitrogens with one attached hydrogen (secondary N) is 1. The highest BCUT2D eigenvalue weighted by Gasteiger charge is 2.33. The number of carbonyl (C=O) groups excluding carboxylic acids is 1. The quantitative estimate of drug-likeness (QED) is 0.865. The average molecular weight is 394 g/mol. The number of para-hydroxylation sites is 1. The van der Waals surface area contributed by atoms with E-state index in [2.05, 4.69) is 5.32 Å². The van der Waals surface area contributed by atoms with E-state index in [4.69, 9.17) is 0 Å². The van der Waals surface area contributed by atoms with E-state index in [-0.39, 0.29) is 11.4 Å². The lowest BCUT2D eigenvalue weighted by Crippen LogP contribution is -2.43. The Balaban J connectivity index is 1.75. The molecule has 0 radical (unpaired) electrons. The fourth-order valence-electron chi connectivity index (χ4n) is 3.08. The van der Waals surface area contributed by atoms with Crippen LogP contribution in [0.15, 0.2) is 47.4 Å². The van der Waals surface area contributed by atoms with Gasteiger partial charge < -0.3 is 5.32 Å². The van der Waals surface area contributed by atoms with E-state index in [1.165, 1.54) is 22.5 Å². The molecule has 1 N–H and O–H groups in total. The number of nitrogens with zero attached hydrogens (tertiary/aromatic N) is 1. The summed E-state index contributed by atoms with van der Waals surface area (Å²) in [6.45, 7) is 2.13. The Hall–Kier alpha value is -2.32. The number of anilines is 1. The van der Waals surface area contributed by atoms with E-state index in [1.807, 2.05) is 6.92 Å². The van der Waals surface area contributed by atoms with Crippen molar-refractivity contribution in [1.82, 2.24) is 4.31 Å². The molecule has 1 fully saturated rings. The van der Waals surface area contributed by atoms with E-state index in [1.54, 1.807) is 12.1 Å². The maximum absolute atomic E-state index is 13.7. The normalized spacial score (nSPS) is 18.3. The van der Waals surface area contributed by atoms with Crippen LogP contribution in [0.1, 0.15) is 18.4 Å². The van der Waals surface area contributed by atoms with E-state index >= 15 is 0 Å². The van der Waals surface area contributed by atoms with E-state index in [0.717, 1.165) is 17.7 Å². The number of hydrogen-bond acceptors (Lipinski definition) is 3. The molecule has 1 amide bonds. The van der Waals surface area contributed by atoms with E-state index in [9.17, 15) is 22.0 Å². The minimum atomic E-state index is -3.73. The van der Waals surface area contributed by atoms with Crippen LogP contribution in [0.3, 0.4) is 0 Å². The van der Waals surface area contributed by atoms with Gasteiger partial charge in [-0.2, -0.15) is 4.31 Å². The number of hydrogen-bond donors (Lipinski definition) is 1. The molecule has 0 aromatic heterocycles. The molecule has 0 aliphatic carbocycles. The van der Waals surface area contributed by atoms with Crippen molar-refractivity contribution in [3.8, 4) is 0 Å². The van der Waals surface area contributed by atoms with Crippen LogP contribution in [0.5, 0.6) is 0 Å². The average Bonchev–Trinajstić information content (AvgIpc) is 2.65. The van der Waals surface area contributed by atoms with Gasteiger partial charge in [-0.3, -0.25) is 4.79 Å². The van der Waals surface area contributed by atoms with Gasteiger partial charge in [-0.25, -0.2) is 17.2 Å². The van der Waals surface area contributed by atoms with Gasteiger partial charge in [0.15, 0.2) is 0 Å². The zero-order valence-corrected chi connectivity index (χ0v) is 15.6. The van der Waals surface area contributed by atoms with Crippen molar-refractivity contribution >= 4 is 21.6 Å². The highest BCUT2D eigenvalue weighted by Crippen LogP contribution is 2.26. The predicted octanol–water partition coefficient (Wildman–Crippen LogP) is 3.31. The summed E-state index contributed by atoms with van der Waals surface area (Å²) in [6.07, 6.45) is 0.935. The molecule has 1 heterocycles. The first-order valence-corrected chi connectivity index (χ1v) is 10.0. The first-order valence-electron chi connectivity index (χ1n) is 8.61. The van der Waals surface area contributed by atoms with Crippen molar-refractivity contribution in [2.45, 2.75) is 24.7 Å². The van der Waals surface area contributed by atoms with Crippen LogP contribution in [-0.2, 0) is 14.8 Å². The summed E-state index contributed by atoms with van der Waals surface area (Å²) < 4.78 is 54.3. The van der Waals surface area contributed by atoms with Gasteiger partial charge >= 0.3 is 0 Å². The highest BCUT2D eigenvalue weighted by atomic mass is 32.2. The largest absolute Gasteiger partial charge is 0.321 e. The van der Waals surface area contributed by atoms with Crippen molar-refractivity contribution in [2.75, 3.05) is 18.4 Å². The second-order valence-corrected chi connectivity index (χ2v) is 8.54. The van der Waals surface area contributed by atoms with Gasteiger partial charge in [0.05, 0.1) is 10.8 Å². The van der Waals surface area contributed by atoms with Gasteiger partial charge in [-0.05, 0) is 44.0 Å². The Morgan fingerprint density at radius 1 is 1.11 bits per heavy atom. The summed E-state index contributed by atoms with van der Waals surface area (Å²) in [7, 11) is -3.73. The van der Waals surface area contributed by atoms with Gasteiger partial charge in [-0.1, -0.05) is 23.8 Å². The molecular formula is C19H20F2N2O3S. The highest BCUT2D eigenvalue weighted by molar-refractivity contribution is 7.89. The number of piperidine rings is 1. The monoisotopic (exact) mass is 394 g/mol. The second kappa shape index (κ2) is 7.74. The third-order valence-electron chi connectivity index (χ3n) is 4.62. The molecule has 1 atom stereocenters. The number of halogens is 2. The molecular weight excluding hydrogens is 374 g/mol. The molecule has 2 aromatic rings. The number of benzene rings is 2. The van der Waals surface area contributed by atoms with Crippen LogP contribution >= 0.6 is 0 Å². The zero-order chi connectivity index (χ0) is 19.6. The molecule has 0 spiro atoms. The predicted molar refractivity (Wildman–Crippen MR) is 97.6 cm³/mol. The lowest BCUT2D eigenvalue weighted by molar-refractivity contribution is -0.120. The lowest BCUT2D eigenvalue weighted by Gasteiger charge is -2.31. The summed E-state index contributed by atoms with van der Waals surface area (Å²) in [5, 5.41) is 2.26. The summed E-state index contributed by atoms with van der Waals surface area (Å²) in [5.41, 5.74) is 0.428. The number of rotatable bonds is 4. The van der Waals surface area contributed by atoms with E-state index in [0.29, 0.717) is 19.4 Å². The van der Waals surface area contributed by atoms with E-state index < -0.39 is 39.2 Å². The summed E-state index contributed by atoms with van der Waals surface area (Å²) in [4.78, 5) is 12.6. The molecule has 1 aliphatic rings. The van der Waals surface area contributed by atoms with Crippen LogP contribution < -0.4 is 5.32 Å². The summed E-state index contributed by atoms with van der Waals surface area (Å²) >= 11 is 0. The van der Waals surface area contributed by atoms with Crippen molar-refractivity contribution in [3.63, 3.8) is 0 Å². The fraction of sp³-hybridized carbons (Fsp3) is 0.316. The van der Waals surface area contributed by atoms with Crippen LogP contribution in [0.25, 0.3) is 0 Å². The molecule has 144 valence electrons. The number of amides is 1. The summed E-state index contributed by atoms with van der Waals surface area (Å²) in [6, 6.07) is 9.79. The third kappa shape index (κ3) is 4.17. The smallest absolute Gasteiger partial charge is 0.243 e. The van der Waals surface area contributed by atoms with Crippen LogP contribution in [-0.4, -0.2) is 31.7 Å². The lowest BCUT2D eigenvalue weighted by atomic mass is 9.98. The Labute approximate surface area is 157 Å². The topological polar surface area (TPSA) is 66.5 Å². The molecule has 27 heavy (non-hydrogen) atoms. The molecule has 0 saturated carbocycles.